The van der Waals surface area contributed by atoms with E-state index in [0.29, 0.717) is 34.8 Å². The maximum absolute atomic E-state index is 14.7. The molecule has 29 heavy (non-hydrogen) atoms. The van der Waals surface area contributed by atoms with E-state index in [4.69, 9.17) is 23.2 Å². The minimum Gasteiger partial charge on any atom is -0.294 e. The van der Waals surface area contributed by atoms with E-state index in [1.165, 1.54) is 12.1 Å². The number of nitrogens with zero attached hydrogens (tertiary/aromatic N) is 1. The van der Waals surface area contributed by atoms with Crippen molar-refractivity contribution in [3.63, 3.8) is 0 Å². The van der Waals surface area contributed by atoms with Crippen LogP contribution in [0.2, 0.25) is 10.0 Å². The monoisotopic (exact) mass is 431 g/mol. The van der Waals surface area contributed by atoms with Crippen LogP contribution in [0.1, 0.15) is 44.6 Å². The SMILES string of the molecule is CC1(C)CC(=O)C2=C(C1)N(c1ccccc1Cl)C(=O)CC2c1c(F)cccc1Cl. The van der Waals surface area contributed by atoms with Crippen molar-refractivity contribution in [1.82, 2.24) is 0 Å². The van der Waals surface area contributed by atoms with Crippen LogP contribution in [0.25, 0.3) is 0 Å². The lowest BCUT2D eigenvalue weighted by atomic mass is 9.69. The van der Waals surface area contributed by atoms with E-state index in [1.807, 2.05) is 13.8 Å². The van der Waals surface area contributed by atoms with Crippen LogP contribution in [-0.4, -0.2) is 11.7 Å². The van der Waals surface area contributed by atoms with E-state index in [0.717, 1.165) is 0 Å². The van der Waals surface area contributed by atoms with Gasteiger partial charge in [0.2, 0.25) is 5.91 Å². The Morgan fingerprint density at radius 3 is 2.38 bits per heavy atom. The molecule has 2 aromatic carbocycles. The molecule has 2 aliphatic rings. The number of carbonyl (C=O) groups excluding carboxylic acids is 2. The van der Waals surface area contributed by atoms with Crippen LogP contribution < -0.4 is 4.90 Å². The number of hydrogen-bond acceptors (Lipinski definition) is 2. The number of hydrogen-bond donors (Lipinski definition) is 0. The molecule has 4 rings (SSSR count). The summed E-state index contributed by atoms with van der Waals surface area (Å²) in [5.74, 6) is -1.52. The Kier molecular flexibility index (Phi) is 5.04. The normalized spacial score (nSPS) is 21.4. The van der Waals surface area contributed by atoms with Gasteiger partial charge in [0.05, 0.1) is 10.7 Å². The van der Waals surface area contributed by atoms with Crippen LogP contribution >= 0.6 is 23.2 Å². The highest BCUT2D eigenvalue weighted by Gasteiger charge is 2.45. The Labute approximate surface area is 179 Å². The first-order chi connectivity index (χ1) is 13.7. The summed E-state index contributed by atoms with van der Waals surface area (Å²) in [4.78, 5) is 28.1. The standard InChI is InChI=1S/C23H20Cl2FNO2/c1-23(2)11-18-22(19(28)12-23)13(21-15(25)7-5-8-16(21)26)10-20(29)27(18)17-9-4-3-6-14(17)24/h3-9,13H,10-12H2,1-2H3. The summed E-state index contributed by atoms with van der Waals surface area (Å²) in [5, 5.41) is 0.643. The number of Topliss-reactive ketones (excluding diaryl/α,β-unsaturated/α-hetero) is 1. The molecule has 0 saturated carbocycles. The highest BCUT2D eigenvalue weighted by atomic mass is 35.5. The molecule has 1 amide bonds. The van der Waals surface area contributed by atoms with Crippen molar-refractivity contribution in [3.8, 4) is 0 Å². The first-order valence-corrected chi connectivity index (χ1v) is 10.2. The van der Waals surface area contributed by atoms with Gasteiger partial charge in [-0.15, -0.1) is 0 Å². The van der Waals surface area contributed by atoms with Crippen LogP contribution in [0.15, 0.2) is 53.7 Å². The van der Waals surface area contributed by atoms with E-state index in [9.17, 15) is 14.0 Å². The maximum Gasteiger partial charge on any atom is 0.232 e. The highest BCUT2D eigenvalue weighted by molar-refractivity contribution is 6.34. The van der Waals surface area contributed by atoms with Gasteiger partial charge in [-0.1, -0.05) is 55.2 Å². The van der Waals surface area contributed by atoms with Crippen LogP contribution in [0.5, 0.6) is 0 Å². The van der Waals surface area contributed by atoms with Gasteiger partial charge in [0.15, 0.2) is 5.78 Å². The fourth-order valence-electron chi connectivity index (χ4n) is 4.42. The molecule has 0 saturated heterocycles. The zero-order valence-electron chi connectivity index (χ0n) is 16.1. The summed E-state index contributed by atoms with van der Waals surface area (Å²) in [6, 6.07) is 11.5. The lowest BCUT2D eigenvalue weighted by Crippen LogP contribution is -2.44. The zero-order valence-corrected chi connectivity index (χ0v) is 17.6. The third-order valence-corrected chi connectivity index (χ3v) is 6.23. The van der Waals surface area contributed by atoms with Gasteiger partial charge in [-0.2, -0.15) is 0 Å². The number of para-hydroxylation sites is 1. The minimum absolute atomic E-state index is 0.0448. The minimum atomic E-state index is -0.700. The lowest BCUT2D eigenvalue weighted by Gasteiger charge is -2.43. The molecule has 0 N–H and O–H groups in total. The number of amides is 1. The van der Waals surface area contributed by atoms with Crippen molar-refractivity contribution in [1.29, 1.82) is 0 Å². The molecule has 0 fully saturated rings. The van der Waals surface area contributed by atoms with Gasteiger partial charge in [0.1, 0.15) is 5.82 Å². The van der Waals surface area contributed by atoms with Crippen molar-refractivity contribution < 1.29 is 14.0 Å². The largest absolute Gasteiger partial charge is 0.294 e. The van der Waals surface area contributed by atoms with Crippen molar-refractivity contribution in [2.45, 2.75) is 39.0 Å². The van der Waals surface area contributed by atoms with Gasteiger partial charge < -0.3 is 0 Å². The predicted octanol–water partition coefficient (Wildman–Crippen LogP) is 6.30. The van der Waals surface area contributed by atoms with E-state index < -0.39 is 11.7 Å². The van der Waals surface area contributed by atoms with Gasteiger partial charge in [-0.25, -0.2) is 4.39 Å². The number of anilines is 1. The highest BCUT2D eigenvalue weighted by Crippen LogP contribution is 2.50. The Morgan fingerprint density at radius 2 is 1.69 bits per heavy atom. The molecule has 1 aliphatic carbocycles. The van der Waals surface area contributed by atoms with Crippen LogP contribution in [0.3, 0.4) is 0 Å². The van der Waals surface area contributed by atoms with Crippen LogP contribution in [0.4, 0.5) is 10.1 Å². The Hall–Kier alpha value is -2.17. The van der Waals surface area contributed by atoms with Crippen molar-refractivity contribution in [2.24, 2.45) is 5.41 Å². The Morgan fingerprint density at radius 1 is 1.00 bits per heavy atom. The number of ketones is 1. The summed E-state index contributed by atoms with van der Waals surface area (Å²) < 4.78 is 14.7. The topological polar surface area (TPSA) is 37.4 Å². The maximum atomic E-state index is 14.7. The zero-order chi connectivity index (χ0) is 20.9. The fourth-order valence-corrected chi connectivity index (χ4v) is 4.93. The molecule has 1 heterocycles. The number of halogens is 3. The summed E-state index contributed by atoms with van der Waals surface area (Å²) >= 11 is 12.7. The number of rotatable bonds is 2. The molecule has 0 radical (unpaired) electrons. The van der Waals surface area contributed by atoms with E-state index >= 15 is 0 Å². The van der Waals surface area contributed by atoms with E-state index in [-0.39, 0.29) is 34.1 Å². The van der Waals surface area contributed by atoms with Gasteiger partial charge in [0.25, 0.3) is 0 Å². The average molecular weight is 432 g/mol. The summed E-state index contributed by atoms with van der Waals surface area (Å²) in [6.07, 6.45) is 0.795. The number of carbonyl (C=O) groups is 2. The van der Waals surface area contributed by atoms with Crippen molar-refractivity contribution >= 4 is 40.6 Å². The molecule has 2 aromatic rings. The third kappa shape index (κ3) is 3.49. The predicted molar refractivity (Wildman–Crippen MR) is 113 cm³/mol. The van der Waals surface area contributed by atoms with Gasteiger partial charge in [-0.3, -0.25) is 14.5 Å². The van der Waals surface area contributed by atoms with Gasteiger partial charge in [0, 0.05) is 40.6 Å². The van der Waals surface area contributed by atoms with Gasteiger partial charge >= 0.3 is 0 Å². The van der Waals surface area contributed by atoms with Crippen molar-refractivity contribution in [3.05, 3.63) is 75.2 Å². The molecule has 6 heteroatoms. The molecular formula is C23H20Cl2FNO2. The summed E-state index contributed by atoms with van der Waals surface area (Å²) in [6.45, 7) is 3.98. The fraction of sp³-hybridized carbons (Fsp3) is 0.304. The third-order valence-electron chi connectivity index (χ3n) is 5.58. The lowest BCUT2D eigenvalue weighted by molar-refractivity contribution is -0.121. The molecule has 1 aliphatic heterocycles. The molecule has 0 spiro atoms. The molecule has 3 nitrogen and oxygen atoms in total. The first-order valence-electron chi connectivity index (χ1n) is 9.47. The Bertz CT molecular complexity index is 1040. The second kappa shape index (κ2) is 7.26. The molecule has 150 valence electrons. The second-order valence-electron chi connectivity index (χ2n) is 8.37. The van der Waals surface area contributed by atoms with E-state index in [1.54, 1.807) is 35.2 Å². The summed E-state index contributed by atoms with van der Waals surface area (Å²) in [5.41, 5.74) is 1.49. The molecule has 0 aromatic heterocycles. The van der Waals surface area contributed by atoms with E-state index in [2.05, 4.69) is 0 Å². The molecular weight excluding hydrogens is 412 g/mol. The second-order valence-corrected chi connectivity index (χ2v) is 9.19. The molecule has 1 unspecified atom stereocenters. The first kappa shape index (κ1) is 20.1. The van der Waals surface area contributed by atoms with Crippen molar-refractivity contribution in [2.75, 3.05) is 4.90 Å². The number of allylic oxidation sites excluding steroid dienone is 2. The average Bonchev–Trinajstić information content (AvgIpc) is 2.61. The smallest absolute Gasteiger partial charge is 0.232 e. The van der Waals surface area contributed by atoms with Crippen LogP contribution in [0, 0.1) is 11.2 Å². The number of benzene rings is 2. The van der Waals surface area contributed by atoms with Gasteiger partial charge in [-0.05, 0) is 36.1 Å². The molecule has 1 atom stereocenters. The van der Waals surface area contributed by atoms with Crippen LogP contribution in [-0.2, 0) is 9.59 Å². The molecule has 0 bridgehead atoms. The Balaban J connectivity index is 1.97. The summed E-state index contributed by atoms with van der Waals surface area (Å²) in [7, 11) is 0. The quantitative estimate of drug-likeness (QED) is 0.559.